The molecule has 6 heteroatoms. The maximum atomic E-state index is 12.8. The second-order valence-corrected chi connectivity index (χ2v) is 6.49. The Kier molecular flexibility index (Phi) is 5.78. The van der Waals surface area contributed by atoms with E-state index in [9.17, 15) is 4.79 Å². The number of nitrogens with zero attached hydrogens (tertiary/aromatic N) is 2. The van der Waals surface area contributed by atoms with Crippen molar-refractivity contribution in [2.24, 2.45) is 0 Å². The number of hydrogen-bond acceptors (Lipinski definition) is 4. The van der Waals surface area contributed by atoms with E-state index >= 15 is 0 Å². The average Bonchev–Trinajstić information content (AvgIpc) is 2.74. The van der Waals surface area contributed by atoms with Crippen molar-refractivity contribution >= 4 is 11.6 Å². The lowest BCUT2D eigenvalue weighted by Crippen LogP contribution is -2.44. The summed E-state index contributed by atoms with van der Waals surface area (Å²) in [6.07, 6.45) is 1.92. The predicted molar refractivity (Wildman–Crippen MR) is 109 cm³/mol. The van der Waals surface area contributed by atoms with Crippen LogP contribution in [0.4, 0.5) is 4.79 Å². The van der Waals surface area contributed by atoms with Crippen LogP contribution < -0.4 is 14.2 Å². The van der Waals surface area contributed by atoms with Crippen LogP contribution in [0.25, 0.3) is 5.57 Å². The maximum Gasteiger partial charge on any atom is 0.324 e. The quantitative estimate of drug-likeness (QED) is 0.752. The molecule has 3 rings (SSSR count). The van der Waals surface area contributed by atoms with Crippen LogP contribution >= 0.6 is 0 Å². The Morgan fingerprint density at radius 2 is 1.57 bits per heavy atom. The van der Waals surface area contributed by atoms with Crippen molar-refractivity contribution in [1.82, 2.24) is 9.80 Å². The van der Waals surface area contributed by atoms with E-state index in [1.54, 1.807) is 31.1 Å². The van der Waals surface area contributed by atoms with Crippen LogP contribution in [0.2, 0.25) is 0 Å². The molecule has 6 nitrogen and oxygen atoms in total. The van der Waals surface area contributed by atoms with Crippen molar-refractivity contribution in [2.75, 3.05) is 34.9 Å². The molecular weight excluding hydrogens is 356 g/mol. The second-order valence-electron chi connectivity index (χ2n) is 6.49. The van der Waals surface area contributed by atoms with E-state index in [1.807, 2.05) is 62.6 Å². The molecule has 0 fully saturated rings. The number of likely N-dealkylation sites (N-methyl/N-ethyl adjacent to an activating group) is 1. The fourth-order valence-corrected chi connectivity index (χ4v) is 3.56. The van der Waals surface area contributed by atoms with E-state index in [4.69, 9.17) is 14.2 Å². The van der Waals surface area contributed by atoms with Gasteiger partial charge in [-0.2, -0.15) is 0 Å². The molecule has 0 saturated heterocycles. The third-order valence-electron chi connectivity index (χ3n) is 4.98. The van der Waals surface area contributed by atoms with Gasteiger partial charge in [0, 0.05) is 25.4 Å². The van der Waals surface area contributed by atoms with Crippen LogP contribution in [0.5, 0.6) is 17.2 Å². The van der Waals surface area contributed by atoms with Gasteiger partial charge in [-0.1, -0.05) is 30.3 Å². The summed E-state index contributed by atoms with van der Waals surface area (Å²) < 4.78 is 16.5. The first-order valence-corrected chi connectivity index (χ1v) is 9.16. The molecule has 0 aliphatic carbocycles. The molecule has 148 valence electrons. The van der Waals surface area contributed by atoms with Gasteiger partial charge in [0.25, 0.3) is 0 Å². The molecule has 2 aromatic carbocycles. The minimum atomic E-state index is -0.223. The number of carbonyl (C=O) groups is 1. The summed E-state index contributed by atoms with van der Waals surface area (Å²) >= 11 is 0. The van der Waals surface area contributed by atoms with E-state index in [2.05, 4.69) is 0 Å². The van der Waals surface area contributed by atoms with Crippen molar-refractivity contribution in [3.05, 3.63) is 59.8 Å². The molecule has 0 bridgehead atoms. The third-order valence-corrected chi connectivity index (χ3v) is 4.98. The normalized spacial score (nSPS) is 16.7. The van der Waals surface area contributed by atoms with Crippen LogP contribution in [0.15, 0.2) is 48.7 Å². The molecule has 1 heterocycles. The SMILES string of the molecule is CCN1C=C(c2cc(OC)c(OC)c(OC)c2)C(c2ccccc2)N(C)C1=O. The molecule has 28 heavy (non-hydrogen) atoms. The minimum Gasteiger partial charge on any atom is -0.493 e. The molecule has 1 atom stereocenters. The number of hydrogen-bond donors (Lipinski definition) is 0. The first-order valence-electron chi connectivity index (χ1n) is 9.16. The van der Waals surface area contributed by atoms with Gasteiger partial charge in [-0.15, -0.1) is 0 Å². The highest BCUT2D eigenvalue weighted by atomic mass is 16.5. The zero-order valence-corrected chi connectivity index (χ0v) is 16.9. The summed E-state index contributed by atoms with van der Waals surface area (Å²) in [4.78, 5) is 16.3. The summed E-state index contributed by atoms with van der Waals surface area (Å²) in [6.45, 7) is 2.54. The summed E-state index contributed by atoms with van der Waals surface area (Å²) in [5, 5.41) is 0. The Morgan fingerprint density at radius 1 is 0.964 bits per heavy atom. The number of ether oxygens (including phenoxy) is 3. The monoisotopic (exact) mass is 382 g/mol. The molecular formula is C22H26N2O4. The fourth-order valence-electron chi connectivity index (χ4n) is 3.56. The van der Waals surface area contributed by atoms with Crippen molar-refractivity contribution in [1.29, 1.82) is 0 Å². The molecule has 0 N–H and O–H groups in total. The Labute approximate surface area is 165 Å². The Bertz CT molecular complexity index is 854. The lowest BCUT2D eigenvalue weighted by Gasteiger charge is -2.39. The van der Waals surface area contributed by atoms with Gasteiger partial charge < -0.3 is 24.0 Å². The Morgan fingerprint density at radius 3 is 2.07 bits per heavy atom. The lowest BCUT2D eigenvalue weighted by atomic mass is 9.90. The van der Waals surface area contributed by atoms with Crippen LogP contribution in [-0.4, -0.2) is 50.8 Å². The number of urea groups is 1. The Hall–Kier alpha value is -3.15. The minimum absolute atomic E-state index is 0.0347. The molecule has 0 radical (unpaired) electrons. The van der Waals surface area contributed by atoms with Gasteiger partial charge >= 0.3 is 6.03 Å². The maximum absolute atomic E-state index is 12.8. The van der Waals surface area contributed by atoms with E-state index in [1.165, 1.54) is 0 Å². The van der Waals surface area contributed by atoms with Crippen LogP contribution in [0.1, 0.15) is 24.1 Å². The first-order chi connectivity index (χ1) is 13.5. The molecule has 2 amide bonds. The molecule has 0 saturated carbocycles. The molecule has 2 aromatic rings. The van der Waals surface area contributed by atoms with Crippen molar-refractivity contribution in [3.8, 4) is 17.2 Å². The highest BCUT2D eigenvalue weighted by molar-refractivity contribution is 5.87. The lowest BCUT2D eigenvalue weighted by molar-refractivity contribution is 0.167. The van der Waals surface area contributed by atoms with Gasteiger partial charge in [0.2, 0.25) is 5.75 Å². The number of benzene rings is 2. The largest absolute Gasteiger partial charge is 0.493 e. The van der Waals surface area contributed by atoms with Crippen LogP contribution in [0, 0.1) is 0 Å². The van der Waals surface area contributed by atoms with E-state index < -0.39 is 0 Å². The molecule has 1 aliphatic rings. The van der Waals surface area contributed by atoms with Gasteiger partial charge in [-0.3, -0.25) is 0 Å². The van der Waals surface area contributed by atoms with Crippen molar-refractivity contribution in [2.45, 2.75) is 13.0 Å². The summed E-state index contributed by atoms with van der Waals surface area (Å²) in [6, 6.07) is 13.6. The van der Waals surface area contributed by atoms with Gasteiger partial charge in [0.15, 0.2) is 11.5 Å². The van der Waals surface area contributed by atoms with E-state index in [0.717, 1.165) is 16.7 Å². The smallest absolute Gasteiger partial charge is 0.324 e. The van der Waals surface area contributed by atoms with Crippen molar-refractivity contribution in [3.63, 3.8) is 0 Å². The highest BCUT2D eigenvalue weighted by Gasteiger charge is 2.34. The number of carbonyl (C=O) groups excluding carboxylic acids is 1. The number of methoxy groups -OCH3 is 3. The molecule has 0 spiro atoms. The number of rotatable bonds is 6. The zero-order valence-electron chi connectivity index (χ0n) is 16.9. The van der Waals surface area contributed by atoms with E-state index in [0.29, 0.717) is 23.8 Å². The molecule has 1 aliphatic heterocycles. The van der Waals surface area contributed by atoms with Gasteiger partial charge in [0.05, 0.1) is 27.4 Å². The van der Waals surface area contributed by atoms with Crippen LogP contribution in [0.3, 0.4) is 0 Å². The summed E-state index contributed by atoms with van der Waals surface area (Å²) in [7, 11) is 6.60. The van der Waals surface area contributed by atoms with Crippen LogP contribution in [-0.2, 0) is 0 Å². The second kappa shape index (κ2) is 8.25. The average molecular weight is 382 g/mol. The van der Waals surface area contributed by atoms with Gasteiger partial charge in [-0.25, -0.2) is 4.79 Å². The first kappa shape index (κ1) is 19.6. The summed E-state index contributed by atoms with van der Waals surface area (Å²) in [5.74, 6) is 1.69. The third kappa shape index (κ3) is 3.38. The van der Waals surface area contributed by atoms with Gasteiger partial charge in [0.1, 0.15) is 0 Å². The summed E-state index contributed by atoms with van der Waals surface area (Å²) in [5.41, 5.74) is 2.92. The van der Waals surface area contributed by atoms with Crippen molar-refractivity contribution < 1.29 is 19.0 Å². The standard InChI is InChI=1S/C22H26N2O4/c1-6-24-14-17(16-12-18(26-3)21(28-5)19(13-16)27-4)20(23(2)22(24)25)15-10-8-7-9-11-15/h7-14,20H,6H2,1-5H3. The fraction of sp³-hybridized carbons (Fsp3) is 0.318. The molecule has 1 unspecified atom stereocenters. The highest BCUT2D eigenvalue weighted by Crippen LogP contribution is 2.44. The predicted octanol–water partition coefficient (Wildman–Crippen LogP) is 4.18. The van der Waals surface area contributed by atoms with E-state index in [-0.39, 0.29) is 12.1 Å². The topological polar surface area (TPSA) is 51.2 Å². The Balaban J connectivity index is 2.22. The van der Waals surface area contributed by atoms with Gasteiger partial charge in [-0.05, 0) is 30.2 Å². The molecule has 0 aromatic heterocycles. The number of amides is 2. The zero-order chi connectivity index (χ0) is 20.3.